The largest absolute Gasteiger partial charge is 0.416 e. The molecule has 3 nitrogen and oxygen atoms in total. The first kappa shape index (κ1) is 22.8. The number of anilines is 1. The molecule has 3 aromatic rings. The summed E-state index contributed by atoms with van der Waals surface area (Å²) in [6.45, 7) is 0.355. The zero-order valence-corrected chi connectivity index (χ0v) is 17.4. The van der Waals surface area contributed by atoms with Crippen LogP contribution in [-0.2, 0) is 11.0 Å². The highest BCUT2D eigenvalue weighted by molar-refractivity contribution is 5.87. The molecule has 0 aliphatic carbocycles. The molecule has 0 bridgehead atoms. The standard InChI is InChI=1S/C25H21F5N2O/c26-19-7-2-1-6-18(19)22-10-5-15-32(22)24(33)23(31-21-9-4-3-8-20(21)27)16-11-13-17(14-12-16)25(28,29)30/h1-4,6-9,11-14,22-23,31H,5,10,15H2/t22-,23-/m0/s1. The molecule has 172 valence electrons. The van der Waals surface area contributed by atoms with Gasteiger partial charge in [-0.3, -0.25) is 4.79 Å². The highest BCUT2D eigenvalue weighted by Crippen LogP contribution is 2.37. The molecule has 0 radical (unpaired) electrons. The zero-order valence-electron chi connectivity index (χ0n) is 17.4. The number of hydrogen-bond acceptors (Lipinski definition) is 2. The summed E-state index contributed by atoms with van der Waals surface area (Å²) in [6.07, 6.45) is -3.34. The van der Waals surface area contributed by atoms with Crippen LogP contribution >= 0.6 is 0 Å². The van der Waals surface area contributed by atoms with Gasteiger partial charge >= 0.3 is 6.18 Å². The van der Waals surface area contributed by atoms with Crippen molar-refractivity contribution in [2.75, 3.05) is 11.9 Å². The average Bonchev–Trinajstić information content (AvgIpc) is 3.28. The van der Waals surface area contributed by atoms with Crippen LogP contribution in [0.5, 0.6) is 0 Å². The van der Waals surface area contributed by atoms with Gasteiger partial charge in [-0.1, -0.05) is 42.5 Å². The van der Waals surface area contributed by atoms with Gasteiger partial charge in [-0.15, -0.1) is 0 Å². The predicted molar refractivity (Wildman–Crippen MR) is 114 cm³/mol. The fourth-order valence-electron chi connectivity index (χ4n) is 4.15. The van der Waals surface area contributed by atoms with E-state index in [4.69, 9.17) is 0 Å². The summed E-state index contributed by atoms with van der Waals surface area (Å²) >= 11 is 0. The summed E-state index contributed by atoms with van der Waals surface area (Å²) in [7, 11) is 0. The van der Waals surface area contributed by atoms with Gasteiger partial charge in [-0.2, -0.15) is 13.2 Å². The molecule has 1 N–H and O–H groups in total. The van der Waals surface area contributed by atoms with Crippen LogP contribution in [0.4, 0.5) is 27.6 Å². The molecule has 1 fully saturated rings. The van der Waals surface area contributed by atoms with E-state index in [1.165, 1.54) is 41.3 Å². The molecule has 1 aliphatic rings. The van der Waals surface area contributed by atoms with Gasteiger partial charge in [0.2, 0.25) is 5.91 Å². The quantitative estimate of drug-likeness (QED) is 0.441. The maximum Gasteiger partial charge on any atom is 0.416 e. The van der Waals surface area contributed by atoms with Crippen LogP contribution < -0.4 is 5.32 Å². The van der Waals surface area contributed by atoms with Crippen molar-refractivity contribution in [1.29, 1.82) is 0 Å². The molecule has 2 atom stereocenters. The molecular weight excluding hydrogens is 439 g/mol. The lowest BCUT2D eigenvalue weighted by Crippen LogP contribution is -2.38. The highest BCUT2D eigenvalue weighted by atomic mass is 19.4. The summed E-state index contributed by atoms with van der Waals surface area (Å²) in [6, 6.07) is 14.4. The van der Waals surface area contributed by atoms with Gasteiger partial charge in [0.1, 0.15) is 17.7 Å². The molecular formula is C25H21F5N2O. The van der Waals surface area contributed by atoms with Gasteiger partial charge < -0.3 is 10.2 Å². The fraction of sp³-hybridized carbons (Fsp3) is 0.240. The van der Waals surface area contributed by atoms with Crippen LogP contribution in [0.2, 0.25) is 0 Å². The Morgan fingerprint density at radius 1 is 0.909 bits per heavy atom. The topological polar surface area (TPSA) is 32.3 Å². The van der Waals surface area contributed by atoms with Gasteiger partial charge in [0, 0.05) is 12.1 Å². The first-order chi connectivity index (χ1) is 15.8. The second-order valence-corrected chi connectivity index (χ2v) is 7.89. The Morgan fingerprint density at radius 2 is 1.55 bits per heavy atom. The van der Waals surface area contributed by atoms with Crippen molar-refractivity contribution in [3.8, 4) is 0 Å². The smallest absolute Gasteiger partial charge is 0.368 e. The molecule has 1 amide bonds. The van der Waals surface area contributed by atoms with Crippen molar-refractivity contribution in [1.82, 2.24) is 4.90 Å². The molecule has 0 unspecified atom stereocenters. The van der Waals surface area contributed by atoms with Crippen LogP contribution in [-0.4, -0.2) is 17.4 Å². The normalized spacial score (nSPS) is 17.1. The fourth-order valence-corrected chi connectivity index (χ4v) is 4.15. The van der Waals surface area contributed by atoms with Crippen molar-refractivity contribution in [2.45, 2.75) is 31.1 Å². The number of benzene rings is 3. The second kappa shape index (κ2) is 9.21. The molecule has 8 heteroatoms. The van der Waals surface area contributed by atoms with E-state index in [0.717, 1.165) is 12.1 Å². The monoisotopic (exact) mass is 460 g/mol. The van der Waals surface area contributed by atoms with E-state index in [1.807, 2.05) is 0 Å². The second-order valence-electron chi connectivity index (χ2n) is 7.89. The number of nitrogens with one attached hydrogen (secondary N) is 1. The minimum atomic E-state index is -4.53. The number of amides is 1. The lowest BCUT2D eigenvalue weighted by Gasteiger charge is -2.30. The summed E-state index contributed by atoms with van der Waals surface area (Å²) < 4.78 is 67.9. The third-order valence-corrected chi connectivity index (χ3v) is 5.79. The number of likely N-dealkylation sites (tertiary alicyclic amines) is 1. The Labute approximate surface area is 187 Å². The summed E-state index contributed by atoms with van der Waals surface area (Å²) in [4.78, 5) is 15.1. The Balaban J connectivity index is 1.70. The summed E-state index contributed by atoms with van der Waals surface area (Å²) in [5.41, 5.74) is -0.193. The number of carbonyl (C=O) groups excluding carboxylic acids is 1. The van der Waals surface area contributed by atoms with Gasteiger partial charge in [0.15, 0.2) is 0 Å². The minimum absolute atomic E-state index is 0.0392. The summed E-state index contributed by atoms with van der Waals surface area (Å²) in [5, 5.41) is 2.84. The number of hydrogen-bond donors (Lipinski definition) is 1. The summed E-state index contributed by atoms with van der Waals surface area (Å²) in [5.74, 6) is -1.51. The van der Waals surface area contributed by atoms with Crippen molar-refractivity contribution in [3.05, 3.63) is 101 Å². The number of alkyl halides is 3. The average molecular weight is 460 g/mol. The Morgan fingerprint density at radius 3 is 2.18 bits per heavy atom. The molecule has 3 aromatic carbocycles. The van der Waals surface area contributed by atoms with E-state index in [9.17, 15) is 26.7 Å². The van der Waals surface area contributed by atoms with E-state index >= 15 is 0 Å². The van der Waals surface area contributed by atoms with E-state index in [0.29, 0.717) is 24.9 Å². The predicted octanol–water partition coefficient (Wildman–Crippen LogP) is 6.50. The minimum Gasteiger partial charge on any atom is -0.368 e. The van der Waals surface area contributed by atoms with Gasteiger partial charge in [0.25, 0.3) is 0 Å². The third kappa shape index (κ3) is 4.84. The third-order valence-electron chi connectivity index (χ3n) is 5.79. The van der Waals surface area contributed by atoms with Crippen LogP contribution in [0.1, 0.15) is 41.6 Å². The van der Waals surface area contributed by atoms with Gasteiger partial charge in [-0.25, -0.2) is 8.78 Å². The molecule has 0 aromatic heterocycles. The first-order valence-electron chi connectivity index (χ1n) is 10.5. The molecule has 4 rings (SSSR count). The lowest BCUT2D eigenvalue weighted by atomic mass is 10.00. The van der Waals surface area contributed by atoms with Gasteiger partial charge in [0.05, 0.1) is 17.3 Å². The Bertz CT molecular complexity index is 1130. The maximum atomic E-state index is 14.4. The van der Waals surface area contributed by atoms with E-state index < -0.39 is 41.4 Å². The highest BCUT2D eigenvalue weighted by Gasteiger charge is 2.37. The van der Waals surface area contributed by atoms with Crippen molar-refractivity contribution in [3.63, 3.8) is 0 Å². The molecule has 33 heavy (non-hydrogen) atoms. The number of nitrogens with zero attached hydrogens (tertiary/aromatic N) is 1. The molecule has 1 heterocycles. The van der Waals surface area contributed by atoms with Crippen molar-refractivity contribution >= 4 is 11.6 Å². The Kier molecular flexibility index (Phi) is 6.35. The molecule has 0 spiro atoms. The SMILES string of the molecule is O=C([C@@H](Nc1ccccc1F)c1ccc(C(F)(F)F)cc1)N1CCC[C@H]1c1ccccc1F. The number of halogens is 5. The van der Waals surface area contributed by atoms with E-state index in [1.54, 1.807) is 24.3 Å². The van der Waals surface area contributed by atoms with E-state index in [-0.39, 0.29) is 11.3 Å². The molecule has 1 saturated heterocycles. The van der Waals surface area contributed by atoms with Crippen LogP contribution in [0.25, 0.3) is 0 Å². The Hall–Kier alpha value is -3.42. The van der Waals surface area contributed by atoms with Gasteiger partial charge in [-0.05, 0) is 48.7 Å². The number of carbonyl (C=O) groups is 1. The lowest BCUT2D eigenvalue weighted by molar-refractivity contribution is -0.137. The maximum absolute atomic E-state index is 14.4. The van der Waals surface area contributed by atoms with Crippen LogP contribution in [0.15, 0.2) is 72.8 Å². The molecule has 1 aliphatic heterocycles. The van der Waals surface area contributed by atoms with Crippen molar-refractivity contribution < 1.29 is 26.7 Å². The van der Waals surface area contributed by atoms with E-state index in [2.05, 4.69) is 5.32 Å². The molecule has 0 saturated carbocycles. The zero-order chi connectivity index (χ0) is 23.6. The number of para-hydroxylation sites is 1. The van der Waals surface area contributed by atoms with Crippen LogP contribution in [0, 0.1) is 11.6 Å². The first-order valence-corrected chi connectivity index (χ1v) is 10.5. The number of rotatable bonds is 5. The van der Waals surface area contributed by atoms with Crippen LogP contribution in [0.3, 0.4) is 0 Å². The van der Waals surface area contributed by atoms with Crippen molar-refractivity contribution in [2.24, 2.45) is 0 Å².